The average molecular weight is 424 g/mol. The molecule has 4 aromatic carbocycles. The van der Waals surface area contributed by atoms with Gasteiger partial charge in [-0.1, -0.05) is 68.3 Å². The molecule has 0 amide bonds. The lowest BCUT2D eigenvalue weighted by Crippen LogP contribution is -2.28. The lowest BCUT2D eigenvalue weighted by molar-refractivity contribution is 0.0698. The number of hydrogen-bond donors (Lipinski definition) is 2. The lowest BCUT2D eigenvalue weighted by Gasteiger charge is -2.32. The number of rotatable bonds is 3. The highest BCUT2D eigenvalue weighted by atomic mass is 16.7. The summed E-state index contributed by atoms with van der Waals surface area (Å²) < 4.78 is 11.2. The van der Waals surface area contributed by atoms with Crippen LogP contribution in [-0.2, 0) is 5.60 Å². The van der Waals surface area contributed by atoms with Crippen molar-refractivity contribution in [2.45, 2.75) is 31.8 Å². The molecule has 2 aliphatic rings. The fourth-order valence-electron chi connectivity index (χ4n) is 5.27. The zero-order valence-electron chi connectivity index (χ0n) is 17.9. The standard InChI is InChI=1S/C28H24O4/c1-2-3-12-28(30)22-11-7-6-9-18(22)17-8-4-5-10-19(17)27-21-14-26-25(31-16-32-26)13-20(21)24(29)15-23(27)28/h4-11,13-15,29-30H,2-3,12,16H2,1H3. The molecule has 4 heteroatoms. The molecule has 1 unspecified atom stereocenters. The van der Waals surface area contributed by atoms with E-state index in [1.165, 1.54) is 0 Å². The third-order valence-electron chi connectivity index (χ3n) is 6.81. The van der Waals surface area contributed by atoms with E-state index in [4.69, 9.17) is 9.47 Å². The summed E-state index contributed by atoms with van der Waals surface area (Å²) in [6.45, 7) is 2.29. The quantitative estimate of drug-likeness (QED) is 0.402. The molecule has 0 saturated carbocycles. The topological polar surface area (TPSA) is 58.9 Å². The van der Waals surface area contributed by atoms with Gasteiger partial charge in [-0.15, -0.1) is 0 Å². The van der Waals surface area contributed by atoms with Crippen LogP contribution < -0.4 is 9.47 Å². The van der Waals surface area contributed by atoms with Crippen LogP contribution >= 0.6 is 0 Å². The van der Waals surface area contributed by atoms with Crippen molar-refractivity contribution in [1.82, 2.24) is 0 Å². The van der Waals surface area contributed by atoms with Crippen LogP contribution in [0.3, 0.4) is 0 Å². The Balaban J connectivity index is 1.80. The molecule has 0 spiro atoms. The SMILES string of the molecule is CCCCC1(O)c2ccccc2-c2ccccc2-c2c1cc(O)c1cc3c(cc21)OCO3. The molecular weight excluding hydrogens is 400 g/mol. The monoisotopic (exact) mass is 424 g/mol. The van der Waals surface area contributed by atoms with Crippen molar-refractivity contribution in [2.24, 2.45) is 0 Å². The van der Waals surface area contributed by atoms with Crippen LogP contribution in [0.5, 0.6) is 17.2 Å². The van der Waals surface area contributed by atoms with E-state index < -0.39 is 5.60 Å². The van der Waals surface area contributed by atoms with E-state index in [-0.39, 0.29) is 12.5 Å². The second-order valence-electron chi connectivity index (χ2n) is 8.62. The van der Waals surface area contributed by atoms with E-state index in [0.717, 1.165) is 51.6 Å². The van der Waals surface area contributed by atoms with Gasteiger partial charge in [0, 0.05) is 10.9 Å². The summed E-state index contributed by atoms with van der Waals surface area (Å²) in [6.07, 6.45) is 2.39. The molecule has 1 aliphatic carbocycles. The first-order valence-corrected chi connectivity index (χ1v) is 11.1. The summed E-state index contributed by atoms with van der Waals surface area (Å²) in [6, 6.07) is 21.8. The van der Waals surface area contributed by atoms with Crippen LogP contribution in [0, 0.1) is 0 Å². The van der Waals surface area contributed by atoms with E-state index in [9.17, 15) is 10.2 Å². The van der Waals surface area contributed by atoms with Gasteiger partial charge in [-0.05, 0) is 57.8 Å². The minimum atomic E-state index is -1.23. The molecule has 0 saturated heterocycles. The molecule has 1 atom stereocenters. The van der Waals surface area contributed by atoms with Crippen molar-refractivity contribution in [3.05, 3.63) is 77.9 Å². The Morgan fingerprint density at radius 1 is 0.812 bits per heavy atom. The Hall–Kier alpha value is -3.50. The number of aliphatic hydroxyl groups is 1. The fourth-order valence-corrected chi connectivity index (χ4v) is 5.27. The predicted octanol–water partition coefficient (Wildman–Crippen LogP) is 6.35. The van der Waals surface area contributed by atoms with Crippen LogP contribution in [0.4, 0.5) is 0 Å². The zero-order valence-corrected chi connectivity index (χ0v) is 17.9. The van der Waals surface area contributed by atoms with Gasteiger partial charge in [-0.25, -0.2) is 0 Å². The first-order valence-electron chi connectivity index (χ1n) is 11.1. The molecule has 0 bridgehead atoms. The molecule has 0 fully saturated rings. The van der Waals surface area contributed by atoms with Gasteiger partial charge in [-0.3, -0.25) is 0 Å². The zero-order chi connectivity index (χ0) is 21.9. The Labute approximate surface area is 186 Å². The van der Waals surface area contributed by atoms with E-state index in [1.807, 2.05) is 42.5 Å². The van der Waals surface area contributed by atoms with Crippen molar-refractivity contribution < 1.29 is 19.7 Å². The van der Waals surface area contributed by atoms with Crippen molar-refractivity contribution in [1.29, 1.82) is 0 Å². The highest BCUT2D eigenvalue weighted by molar-refractivity contribution is 6.07. The van der Waals surface area contributed by atoms with Gasteiger partial charge in [0.05, 0.1) is 0 Å². The molecule has 1 aliphatic heterocycles. The minimum absolute atomic E-state index is 0.129. The molecular formula is C28H24O4. The summed E-state index contributed by atoms with van der Waals surface area (Å²) in [4.78, 5) is 0. The number of hydrogen-bond acceptors (Lipinski definition) is 4. The normalized spacial score (nSPS) is 18.1. The first kappa shape index (κ1) is 19.2. The maximum absolute atomic E-state index is 12.4. The predicted molar refractivity (Wildman–Crippen MR) is 125 cm³/mol. The highest BCUT2D eigenvalue weighted by Crippen LogP contribution is 2.54. The van der Waals surface area contributed by atoms with Crippen LogP contribution in [0.1, 0.15) is 37.3 Å². The van der Waals surface area contributed by atoms with Crippen LogP contribution in [0.15, 0.2) is 66.7 Å². The third kappa shape index (κ3) is 2.59. The Kier molecular flexibility index (Phi) is 4.21. The van der Waals surface area contributed by atoms with Crippen molar-refractivity contribution in [2.75, 3.05) is 6.79 Å². The molecule has 0 aromatic heterocycles. The Bertz CT molecular complexity index is 1370. The number of fused-ring (bicyclic) bond motifs is 8. The smallest absolute Gasteiger partial charge is 0.231 e. The van der Waals surface area contributed by atoms with Gasteiger partial charge in [0.15, 0.2) is 11.5 Å². The number of phenolic OH excluding ortho intramolecular Hbond substituents is 1. The third-order valence-corrected chi connectivity index (χ3v) is 6.81. The number of phenols is 1. The Morgan fingerprint density at radius 3 is 2.22 bits per heavy atom. The minimum Gasteiger partial charge on any atom is -0.507 e. The summed E-state index contributed by atoms with van der Waals surface area (Å²) in [5, 5.41) is 25.0. The second kappa shape index (κ2) is 7.01. The van der Waals surface area contributed by atoms with Crippen LogP contribution in [0.25, 0.3) is 33.0 Å². The van der Waals surface area contributed by atoms with E-state index in [0.29, 0.717) is 23.3 Å². The van der Waals surface area contributed by atoms with Gasteiger partial charge in [-0.2, -0.15) is 0 Å². The number of benzene rings is 4. The molecule has 4 aromatic rings. The van der Waals surface area contributed by atoms with Gasteiger partial charge < -0.3 is 19.7 Å². The van der Waals surface area contributed by atoms with Gasteiger partial charge >= 0.3 is 0 Å². The molecule has 1 heterocycles. The van der Waals surface area contributed by atoms with Gasteiger partial charge in [0.25, 0.3) is 0 Å². The van der Waals surface area contributed by atoms with E-state index in [1.54, 1.807) is 6.07 Å². The number of ether oxygens (including phenoxy) is 2. The van der Waals surface area contributed by atoms with E-state index >= 15 is 0 Å². The second-order valence-corrected chi connectivity index (χ2v) is 8.62. The number of unbranched alkanes of at least 4 members (excludes halogenated alkanes) is 1. The summed E-state index contributed by atoms with van der Waals surface area (Å²) in [5.41, 5.74) is 4.43. The molecule has 6 rings (SSSR count). The molecule has 0 radical (unpaired) electrons. The maximum Gasteiger partial charge on any atom is 0.231 e. The molecule has 2 N–H and O–H groups in total. The van der Waals surface area contributed by atoms with Crippen molar-refractivity contribution >= 4 is 10.8 Å². The van der Waals surface area contributed by atoms with Crippen LogP contribution in [-0.4, -0.2) is 17.0 Å². The fraction of sp³-hybridized carbons (Fsp3) is 0.214. The summed E-state index contributed by atoms with van der Waals surface area (Å²) >= 11 is 0. The van der Waals surface area contributed by atoms with Gasteiger partial charge in [0.1, 0.15) is 11.4 Å². The number of aromatic hydroxyl groups is 1. The largest absolute Gasteiger partial charge is 0.507 e. The highest BCUT2D eigenvalue weighted by Gasteiger charge is 2.40. The van der Waals surface area contributed by atoms with Crippen molar-refractivity contribution in [3.63, 3.8) is 0 Å². The molecule has 32 heavy (non-hydrogen) atoms. The van der Waals surface area contributed by atoms with Crippen molar-refractivity contribution in [3.8, 4) is 39.5 Å². The summed E-state index contributed by atoms with van der Waals surface area (Å²) in [7, 11) is 0. The van der Waals surface area contributed by atoms with Crippen LogP contribution in [0.2, 0.25) is 0 Å². The maximum atomic E-state index is 12.4. The first-order chi connectivity index (χ1) is 15.6. The summed E-state index contributed by atoms with van der Waals surface area (Å²) in [5.74, 6) is 1.41. The van der Waals surface area contributed by atoms with E-state index in [2.05, 4.69) is 25.1 Å². The molecule has 4 nitrogen and oxygen atoms in total. The Morgan fingerprint density at radius 2 is 1.47 bits per heavy atom. The van der Waals surface area contributed by atoms with Gasteiger partial charge in [0.2, 0.25) is 6.79 Å². The lowest BCUT2D eigenvalue weighted by atomic mass is 9.78. The average Bonchev–Trinajstić information content (AvgIpc) is 3.26. The molecule has 160 valence electrons.